The summed E-state index contributed by atoms with van der Waals surface area (Å²) in [5.41, 5.74) is -0.0626. The summed E-state index contributed by atoms with van der Waals surface area (Å²) in [5.74, 6) is 1.77. The highest BCUT2D eigenvalue weighted by Gasteiger charge is 2.34. The second-order valence-corrected chi connectivity index (χ2v) is 8.76. The topological polar surface area (TPSA) is 52.6 Å². The average Bonchev–Trinajstić information content (AvgIpc) is 2.69. The summed E-state index contributed by atoms with van der Waals surface area (Å²) < 4.78 is 22.9. The van der Waals surface area contributed by atoms with Crippen molar-refractivity contribution in [2.45, 2.75) is 64.2 Å². The van der Waals surface area contributed by atoms with E-state index >= 15 is 0 Å². The highest BCUT2D eigenvalue weighted by Crippen LogP contribution is 2.38. The predicted octanol–water partition coefficient (Wildman–Crippen LogP) is 6.20. The predicted molar refractivity (Wildman–Crippen MR) is 106 cm³/mol. The lowest BCUT2D eigenvalue weighted by Gasteiger charge is -2.21. The minimum Gasteiger partial charge on any atom is -0.496 e. The van der Waals surface area contributed by atoms with Gasteiger partial charge in [0.25, 0.3) is 0 Å². The maximum absolute atomic E-state index is 12.6. The van der Waals surface area contributed by atoms with E-state index in [9.17, 15) is 9.36 Å². The van der Waals surface area contributed by atoms with Crippen molar-refractivity contribution in [2.75, 3.05) is 20.4 Å². The average molecular weight is 379 g/mol. The normalized spacial score (nSPS) is 15.5. The van der Waals surface area contributed by atoms with Crippen LogP contribution in [0.15, 0.2) is 18.2 Å². The molecule has 0 bridgehead atoms. The Morgan fingerprint density at radius 1 is 1.00 bits per heavy atom. The maximum atomic E-state index is 12.6. The minimum absolute atomic E-state index is 0.302. The number of benzene rings is 1. The van der Waals surface area contributed by atoms with E-state index in [0.717, 1.165) is 18.8 Å². The number of hydrogen-bond donors (Lipinski definition) is 0. The Balaban J connectivity index is 1.73. The van der Waals surface area contributed by atoms with Crippen LogP contribution in [0.4, 0.5) is 0 Å². The van der Waals surface area contributed by atoms with Gasteiger partial charge in [0.05, 0.1) is 14.2 Å². The van der Waals surface area contributed by atoms with E-state index in [0.29, 0.717) is 23.2 Å². The Morgan fingerprint density at radius 3 is 2.23 bits per heavy atom. The zero-order chi connectivity index (χ0) is 18.8. The molecule has 144 valence electrons. The van der Waals surface area contributed by atoms with Gasteiger partial charge in [-0.15, -0.1) is 0 Å². The molecule has 0 saturated heterocycles. The second-order valence-electron chi connectivity index (χ2n) is 7.15. The third-order valence-corrected chi connectivity index (χ3v) is 6.72. The highest BCUT2D eigenvalue weighted by molar-refractivity contribution is 7.64. The molecule has 1 aliphatic carbocycles. The number of carbonyl (C=O) groups is 1. The molecule has 26 heavy (non-hydrogen) atoms. The van der Waals surface area contributed by atoms with Gasteiger partial charge >= 0.3 is 13.3 Å². The van der Waals surface area contributed by atoms with Crippen molar-refractivity contribution in [1.29, 1.82) is 0 Å². The lowest BCUT2D eigenvalue weighted by Crippen LogP contribution is -2.05. The standard InChI is InChI=1S/C21H32O4P/c1-24-18-14-10-15-19(25-2)20(18)21(22)26(23)16-9-4-3-6-11-17-12-7-5-8-13-17/h10,14-15,17H,3-9,11-13,16H2,1-2H3/q+1. The largest absolute Gasteiger partial charge is 0.496 e. The van der Waals surface area contributed by atoms with E-state index in [2.05, 4.69) is 0 Å². The van der Waals surface area contributed by atoms with Crippen molar-refractivity contribution in [1.82, 2.24) is 0 Å². The molecule has 0 N–H and O–H groups in total. The van der Waals surface area contributed by atoms with Gasteiger partial charge in [0.2, 0.25) is 0 Å². The minimum atomic E-state index is -1.94. The Labute approximate surface area is 158 Å². The summed E-state index contributed by atoms with van der Waals surface area (Å²) >= 11 is 0. The molecular weight excluding hydrogens is 347 g/mol. The molecule has 0 aliphatic heterocycles. The molecule has 4 nitrogen and oxygen atoms in total. The van der Waals surface area contributed by atoms with Gasteiger partial charge in [-0.2, -0.15) is 0 Å². The van der Waals surface area contributed by atoms with Crippen LogP contribution in [0.5, 0.6) is 11.5 Å². The number of ether oxygens (including phenoxy) is 2. The first-order chi connectivity index (χ1) is 12.7. The molecule has 1 aromatic rings. The molecule has 0 heterocycles. The molecule has 1 saturated carbocycles. The van der Waals surface area contributed by atoms with Crippen LogP contribution in [0.2, 0.25) is 0 Å². The first kappa shape index (κ1) is 20.9. The second kappa shape index (κ2) is 11.3. The molecule has 0 aromatic heterocycles. The summed E-state index contributed by atoms with van der Waals surface area (Å²) in [6.45, 7) is 0. The van der Waals surface area contributed by atoms with Crippen LogP contribution in [-0.2, 0) is 4.57 Å². The summed E-state index contributed by atoms with van der Waals surface area (Å²) in [6, 6.07) is 5.15. The number of rotatable bonds is 11. The molecule has 0 amide bonds. The van der Waals surface area contributed by atoms with Gasteiger partial charge in [-0.05, 0) is 30.9 Å². The summed E-state index contributed by atoms with van der Waals surface area (Å²) in [4.78, 5) is 12.6. The van der Waals surface area contributed by atoms with E-state index in [1.165, 1.54) is 65.6 Å². The van der Waals surface area contributed by atoms with Crippen LogP contribution < -0.4 is 9.47 Å². The third kappa shape index (κ3) is 6.09. The van der Waals surface area contributed by atoms with Crippen molar-refractivity contribution in [3.05, 3.63) is 23.8 Å². The Kier molecular flexibility index (Phi) is 9.11. The Morgan fingerprint density at radius 2 is 1.62 bits per heavy atom. The van der Waals surface area contributed by atoms with E-state index in [1.807, 2.05) is 0 Å². The first-order valence-electron chi connectivity index (χ1n) is 9.87. The molecule has 0 spiro atoms. The molecule has 0 radical (unpaired) electrons. The van der Waals surface area contributed by atoms with Crippen LogP contribution in [0.25, 0.3) is 0 Å². The van der Waals surface area contributed by atoms with Gasteiger partial charge in [-0.3, -0.25) is 0 Å². The van der Waals surface area contributed by atoms with Crippen LogP contribution in [0.3, 0.4) is 0 Å². The molecule has 2 rings (SSSR count). The molecular formula is C21H32O4P+. The zero-order valence-corrected chi connectivity index (χ0v) is 17.1. The molecule has 1 fully saturated rings. The van der Waals surface area contributed by atoms with Gasteiger partial charge < -0.3 is 9.47 Å². The van der Waals surface area contributed by atoms with Gasteiger partial charge in [-0.25, -0.2) is 4.79 Å². The molecule has 1 unspecified atom stereocenters. The first-order valence-corrected chi connectivity index (χ1v) is 11.3. The third-order valence-electron chi connectivity index (χ3n) is 5.32. The Hall–Kier alpha value is -1.41. The van der Waals surface area contributed by atoms with Gasteiger partial charge in [0.1, 0.15) is 11.5 Å². The van der Waals surface area contributed by atoms with E-state index in [4.69, 9.17) is 9.47 Å². The fourth-order valence-corrected chi connectivity index (χ4v) is 4.99. The summed E-state index contributed by atoms with van der Waals surface area (Å²) in [6.07, 6.45) is 13.1. The van der Waals surface area contributed by atoms with Crippen LogP contribution in [0.1, 0.15) is 74.6 Å². The number of hydrogen-bond acceptors (Lipinski definition) is 4. The van der Waals surface area contributed by atoms with Crippen molar-refractivity contribution in [3.63, 3.8) is 0 Å². The Bertz CT molecular complexity index is 571. The summed E-state index contributed by atoms with van der Waals surface area (Å²) in [5, 5.41) is 0. The van der Waals surface area contributed by atoms with E-state index in [-0.39, 0.29) is 5.52 Å². The summed E-state index contributed by atoms with van der Waals surface area (Å²) in [7, 11) is 1.07. The van der Waals surface area contributed by atoms with Gasteiger partial charge in [0, 0.05) is 0 Å². The van der Waals surface area contributed by atoms with Crippen LogP contribution in [0, 0.1) is 5.92 Å². The molecule has 1 aromatic carbocycles. The number of unbranched alkanes of at least 4 members (excludes halogenated alkanes) is 3. The number of carbonyl (C=O) groups excluding carboxylic acids is 1. The SMILES string of the molecule is COc1cccc(OC)c1C(=O)[P+](=O)CCCCCCC1CCCCC1. The van der Waals surface area contributed by atoms with E-state index < -0.39 is 7.80 Å². The smallest absolute Gasteiger partial charge is 0.420 e. The van der Waals surface area contributed by atoms with Gasteiger partial charge in [0.15, 0.2) is 11.7 Å². The maximum Gasteiger partial charge on any atom is 0.420 e. The van der Waals surface area contributed by atoms with Crippen LogP contribution >= 0.6 is 7.80 Å². The highest BCUT2D eigenvalue weighted by atomic mass is 31.1. The molecule has 1 aliphatic rings. The van der Waals surface area contributed by atoms with E-state index in [1.54, 1.807) is 18.2 Å². The van der Waals surface area contributed by atoms with Crippen LogP contribution in [-0.4, -0.2) is 25.9 Å². The fraction of sp³-hybridized carbons (Fsp3) is 0.667. The van der Waals surface area contributed by atoms with Crippen molar-refractivity contribution < 1.29 is 18.8 Å². The van der Waals surface area contributed by atoms with Crippen molar-refractivity contribution in [3.8, 4) is 11.5 Å². The molecule has 1 atom stereocenters. The monoisotopic (exact) mass is 379 g/mol. The van der Waals surface area contributed by atoms with Gasteiger partial charge in [-0.1, -0.05) is 62.0 Å². The fourth-order valence-electron chi connectivity index (χ4n) is 3.81. The number of methoxy groups -OCH3 is 2. The lowest BCUT2D eigenvalue weighted by atomic mass is 9.85. The molecule has 5 heteroatoms. The lowest BCUT2D eigenvalue weighted by molar-refractivity contribution is 0.107. The zero-order valence-electron chi connectivity index (χ0n) is 16.2. The van der Waals surface area contributed by atoms with Crippen molar-refractivity contribution in [2.24, 2.45) is 5.92 Å². The quantitative estimate of drug-likeness (QED) is 0.339. The van der Waals surface area contributed by atoms with Crippen molar-refractivity contribution >= 4 is 13.3 Å².